The van der Waals surface area contributed by atoms with E-state index in [4.69, 9.17) is 14.6 Å². The predicted molar refractivity (Wildman–Crippen MR) is 95.8 cm³/mol. The molecule has 0 atom stereocenters. The molecule has 0 aliphatic carbocycles. The fraction of sp³-hybridized carbons (Fsp3) is 0.200. The van der Waals surface area contributed by atoms with Crippen LogP contribution in [0.15, 0.2) is 48.5 Å². The molecule has 26 heavy (non-hydrogen) atoms. The monoisotopic (exact) mass is 353 g/mol. The van der Waals surface area contributed by atoms with Gasteiger partial charge in [0.25, 0.3) is 0 Å². The number of carbonyl (C=O) groups is 2. The fourth-order valence-corrected chi connectivity index (χ4v) is 2.17. The van der Waals surface area contributed by atoms with E-state index < -0.39 is 12.1 Å². The Hall–Kier alpha value is -3.46. The lowest BCUT2D eigenvalue weighted by Gasteiger charge is -2.06. The van der Waals surface area contributed by atoms with E-state index in [0.717, 1.165) is 5.56 Å². The van der Waals surface area contributed by atoms with Crippen LogP contribution in [0.2, 0.25) is 0 Å². The maximum Gasteiger partial charge on any atom is 0.408 e. The molecule has 2 rings (SSSR count). The van der Waals surface area contributed by atoms with Gasteiger partial charge in [0.2, 0.25) is 0 Å². The van der Waals surface area contributed by atoms with Gasteiger partial charge in [-0.05, 0) is 23.3 Å². The van der Waals surface area contributed by atoms with Crippen molar-refractivity contribution in [3.8, 4) is 17.6 Å². The second kappa shape index (κ2) is 9.74. The lowest BCUT2D eigenvalue weighted by Crippen LogP contribution is -2.24. The molecule has 0 radical (unpaired) electrons. The summed E-state index contributed by atoms with van der Waals surface area (Å²) in [5, 5.41) is 11.4. The number of aliphatic carboxylic acids is 1. The number of carboxylic acids is 1. The summed E-state index contributed by atoms with van der Waals surface area (Å²) >= 11 is 0. The molecule has 6 heteroatoms. The fourth-order valence-electron chi connectivity index (χ4n) is 2.17. The van der Waals surface area contributed by atoms with E-state index in [2.05, 4.69) is 17.2 Å². The summed E-state index contributed by atoms with van der Waals surface area (Å²) < 4.78 is 10.3. The largest absolute Gasteiger partial charge is 0.495 e. The summed E-state index contributed by atoms with van der Waals surface area (Å²) in [6, 6.07) is 14.4. The van der Waals surface area contributed by atoms with Gasteiger partial charge in [-0.25, -0.2) is 4.79 Å². The standard InChI is InChI=1S/C20H19NO5/c1-25-18-10-9-16(13-19(22)23)12-17(18)8-5-11-21-20(24)26-14-15-6-3-2-4-7-15/h2-4,6-7,9-10,12H,11,13-14H2,1H3,(H,21,24)(H,22,23). The van der Waals surface area contributed by atoms with Crippen LogP contribution in [0.25, 0.3) is 0 Å². The maximum absolute atomic E-state index is 11.6. The normalized spacial score (nSPS) is 9.58. The second-order valence-corrected chi connectivity index (χ2v) is 5.32. The van der Waals surface area contributed by atoms with E-state index in [0.29, 0.717) is 16.9 Å². The van der Waals surface area contributed by atoms with Crippen molar-refractivity contribution >= 4 is 12.1 Å². The Bertz CT molecular complexity index is 821. The minimum atomic E-state index is -0.920. The Labute approximate surface area is 151 Å². The molecule has 0 aromatic heterocycles. The van der Waals surface area contributed by atoms with Gasteiger partial charge in [0.1, 0.15) is 12.4 Å². The highest BCUT2D eigenvalue weighted by Crippen LogP contribution is 2.19. The number of hydrogen-bond donors (Lipinski definition) is 2. The van der Waals surface area contributed by atoms with Gasteiger partial charge < -0.3 is 19.9 Å². The topological polar surface area (TPSA) is 84.9 Å². The lowest BCUT2D eigenvalue weighted by atomic mass is 10.1. The van der Waals surface area contributed by atoms with Gasteiger partial charge in [0.05, 0.1) is 25.6 Å². The van der Waals surface area contributed by atoms with Gasteiger partial charge in [-0.3, -0.25) is 4.79 Å². The van der Waals surface area contributed by atoms with Crippen LogP contribution in [0.5, 0.6) is 5.75 Å². The molecule has 0 aliphatic rings. The Balaban J connectivity index is 1.88. The quantitative estimate of drug-likeness (QED) is 0.780. The molecule has 2 aromatic rings. The summed E-state index contributed by atoms with van der Waals surface area (Å²) in [7, 11) is 1.51. The van der Waals surface area contributed by atoms with Crippen LogP contribution in [0.4, 0.5) is 4.79 Å². The summed E-state index contributed by atoms with van der Waals surface area (Å²) in [6.07, 6.45) is -0.655. The molecule has 1 amide bonds. The molecule has 2 aromatic carbocycles. The van der Waals surface area contributed by atoms with Crippen LogP contribution in [0.1, 0.15) is 16.7 Å². The van der Waals surface area contributed by atoms with E-state index in [9.17, 15) is 9.59 Å². The molecule has 0 saturated carbocycles. The van der Waals surface area contributed by atoms with Crippen molar-refractivity contribution in [2.75, 3.05) is 13.7 Å². The SMILES string of the molecule is COc1ccc(CC(=O)O)cc1C#CCNC(=O)OCc1ccccc1. The van der Waals surface area contributed by atoms with Gasteiger partial charge in [0.15, 0.2) is 0 Å². The van der Waals surface area contributed by atoms with Crippen LogP contribution >= 0.6 is 0 Å². The molecular weight excluding hydrogens is 334 g/mol. The average molecular weight is 353 g/mol. The molecule has 0 aliphatic heterocycles. The number of carbonyl (C=O) groups excluding carboxylic acids is 1. The molecule has 0 heterocycles. The second-order valence-electron chi connectivity index (χ2n) is 5.32. The van der Waals surface area contributed by atoms with E-state index >= 15 is 0 Å². The van der Waals surface area contributed by atoms with E-state index in [1.807, 2.05) is 30.3 Å². The highest BCUT2D eigenvalue weighted by Gasteiger charge is 2.05. The number of nitrogens with one attached hydrogen (secondary N) is 1. The number of hydrogen-bond acceptors (Lipinski definition) is 4. The number of alkyl carbamates (subject to hydrolysis) is 1. The van der Waals surface area contributed by atoms with Crippen LogP contribution in [0, 0.1) is 11.8 Å². The van der Waals surface area contributed by atoms with E-state index in [1.165, 1.54) is 7.11 Å². The zero-order valence-corrected chi connectivity index (χ0v) is 14.3. The molecule has 0 unspecified atom stereocenters. The number of carboxylic acid groups (broad SMARTS) is 1. The molecule has 6 nitrogen and oxygen atoms in total. The summed E-state index contributed by atoms with van der Waals surface area (Å²) in [6.45, 7) is 0.283. The van der Waals surface area contributed by atoms with Crippen molar-refractivity contribution in [1.29, 1.82) is 0 Å². The highest BCUT2D eigenvalue weighted by molar-refractivity contribution is 5.70. The summed E-state index contributed by atoms with van der Waals surface area (Å²) in [5.41, 5.74) is 2.08. The number of amides is 1. The maximum atomic E-state index is 11.6. The van der Waals surface area contributed by atoms with E-state index in [1.54, 1.807) is 18.2 Å². The molecule has 0 bridgehead atoms. The van der Waals surface area contributed by atoms with Crippen LogP contribution in [-0.4, -0.2) is 30.8 Å². The third-order valence-corrected chi connectivity index (χ3v) is 3.38. The molecular formula is C20H19NO5. The summed E-state index contributed by atoms with van der Waals surface area (Å²) in [5.74, 6) is 5.29. The minimum absolute atomic E-state index is 0.0945. The van der Waals surface area contributed by atoms with Crippen molar-refractivity contribution in [1.82, 2.24) is 5.32 Å². The lowest BCUT2D eigenvalue weighted by molar-refractivity contribution is -0.136. The number of rotatable bonds is 6. The van der Waals surface area contributed by atoms with E-state index in [-0.39, 0.29) is 19.6 Å². The molecule has 0 fully saturated rings. The first-order valence-electron chi connectivity index (χ1n) is 7.90. The Morgan fingerprint density at radius 1 is 1.12 bits per heavy atom. The van der Waals surface area contributed by atoms with Crippen molar-refractivity contribution < 1.29 is 24.2 Å². The van der Waals surface area contributed by atoms with Gasteiger partial charge >= 0.3 is 12.1 Å². The Morgan fingerprint density at radius 3 is 2.58 bits per heavy atom. The Kier molecular flexibility index (Phi) is 7.07. The number of benzene rings is 2. The zero-order chi connectivity index (χ0) is 18.8. The van der Waals surface area contributed by atoms with Crippen LogP contribution < -0.4 is 10.1 Å². The first-order chi connectivity index (χ1) is 12.6. The smallest absolute Gasteiger partial charge is 0.408 e. The van der Waals surface area contributed by atoms with Gasteiger partial charge in [0, 0.05) is 0 Å². The summed E-state index contributed by atoms with van der Waals surface area (Å²) in [4.78, 5) is 22.4. The van der Waals surface area contributed by atoms with Crippen molar-refractivity contribution in [3.05, 3.63) is 65.2 Å². The molecule has 134 valence electrons. The first-order valence-corrected chi connectivity index (χ1v) is 7.90. The zero-order valence-electron chi connectivity index (χ0n) is 14.3. The van der Waals surface area contributed by atoms with Gasteiger partial charge in [-0.1, -0.05) is 48.2 Å². The number of ether oxygens (including phenoxy) is 2. The van der Waals surface area contributed by atoms with Crippen LogP contribution in [-0.2, 0) is 22.6 Å². The van der Waals surface area contributed by atoms with Crippen molar-refractivity contribution in [2.24, 2.45) is 0 Å². The van der Waals surface area contributed by atoms with Crippen molar-refractivity contribution in [3.63, 3.8) is 0 Å². The number of methoxy groups -OCH3 is 1. The minimum Gasteiger partial charge on any atom is -0.495 e. The van der Waals surface area contributed by atoms with Gasteiger partial charge in [-0.15, -0.1) is 0 Å². The van der Waals surface area contributed by atoms with Gasteiger partial charge in [-0.2, -0.15) is 0 Å². The van der Waals surface area contributed by atoms with Crippen LogP contribution in [0.3, 0.4) is 0 Å². The first kappa shape index (κ1) is 18.9. The highest BCUT2D eigenvalue weighted by atomic mass is 16.5. The molecule has 0 spiro atoms. The molecule has 2 N–H and O–H groups in total. The Morgan fingerprint density at radius 2 is 1.88 bits per heavy atom. The third kappa shape index (κ3) is 6.21. The average Bonchev–Trinajstić information content (AvgIpc) is 2.64. The van der Waals surface area contributed by atoms with Crippen molar-refractivity contribution in [2.45, 2.75) is 13.0 Å². The molecule has 0 saturated heterocycles. The predicted octanol–water partition coefficient (Wildman–Crippen LogP) is 2.60. The third-order valence-electron chi connectivity index (χ3n) is 3.38.